The van der Waals surface area contributed by atoms with Crippen molar-refractivity contribution in [2.45, 2.75) is 33.6 Å². The van der Waals surface area contributed by atoms with E-state index in [1.807, 2.05) is 0 Å². The number of carbonyl (C=O) groups is 2. The molecule has 0 aliphatic heterocycles. The van der Waals surface area contributed by atoms with E-state index in [-0.39, 0.29) is 30.2 Å². The lowest BCUT2D eigenvalue weighted by Crippen LogP contribution is -2.09. The number of carboxylic acids is 1. The molecular formula is C20H22N2O8. The zero-order chi connectivity index (χ0) is 22.8. The number of nitro groups is 2. The Morgan fingerprint density at radius 2 is 1.33 bits per heavy atom. The molecule has 0 atom stereocenters. The Hall–Kier alpha value is -3.82. The first kappa shape index (κ1) is 24.2. The molecule has 1 N–H and O–H groups in total. The SMILES string of the molecule is CCOC(=O)Cc1cccc([N+](=O)[O-])c1C.Cc1c(CC(=O)O)cccc1[N+](=O)[O-]. The number of esters is 1. The van der Waals surface area contributed by atoms with Crippen LogP contribution in [-0.4, -0.2) is 33.5 Å². The predicted molar refractivity (Wildman–Crippen MR) is 107 cm³/mol. The zero-order valence-corrected chi connectivity index (χ0v) is 16.8. The summed E-state index contributed by atoms with van der Waals surface area (Å²) in [4.78, 5) is 41.9. The van der Waals surface area contributed by atoms with E-state index in [1.54, 1.807) is 39.0 Å². The van der Waals surface area contributed by atoms with Crippen molar-refractivity contribution < 1.29 is 29.3 Å². The average molecular weight is 418 g/mol. The highest BCUT2D eigenvalue weighted by Gasteiger charge is 2.16. The maximum absolute atomic E-state index is 11.3. The Kier molecular flexibility index (Phi) is 9.08. The number of hydrogen-bond acceptors (Lipinski definition) is 7. The summed E-state index contributed by atoms with van der Waals surface area (Å²) in [5.41, 5.74) is 2.03. The van der Waals surface area contributed by atoms with Crippen LogP contribution in [0.4, 0.5) is 11.4 Å². The standard InChI is InChI=1S/C11H13NO4.C9H9NO4/c1-3-16-11(13)7-9-5-4-6-10(8(9)2)12(14)15;1-6-7(5-9(11)12)3-2-4-8(6)10(13)14/h4-6H,3,7H2,1-2H3;2-4H,5H2,1H3,(H,11,12). The van der Waals surface area contributed by atoms with Crippen LogP contribution in [-0.2, 0) is 27.2 Å². The third-order valence-corrected chi connectivity index (χ3v) is 4.21. The predicted octanol–water partition coefficient (Wildman–Crippen LogP) is 3.54. The second kappa shape index (κ2) is 11.2. The summed E-state index contributed by atoms with van der Waals surface area (Å²) in [5, 5.41) is 29.7. The molecule has 0 aliphatic carbocycles. The summed E-state index contributed by atoms with van der Waals surface area (Å²) < 4.78 is 4.79. The molecule has 0 amide bonds. The van der Waals surface area contributed by atoms with E-state index in [0.29, 0.717) is 28.9 Å². The minimum absolute atomic E-state index is 0.0294. The Balaban J connectivity index is 0.000000303. The van der Waals surface area contributed by atoms with Gasteiger partial charge in [0.25, 0.3) is 11.4 Å². The lowest BCUT2D eigenvalue weighted by atomic mass is 10.0. The number of hydrogen-bond donors (Lipinski definition) is 1. The Labute approximate surface area is 172 Å². The van der Waals surface area contributed by atoms with Gasteiger partial charge in [0, 0.05) is 23.3 Å². The van der Waals surface area contributed by atoms with Crippen LogP contribution in [0, 0.1) is 34.1 Å². The first-order valence-electron chi connectivity index (χ1n) is 8.91. The molecule has 2 aromatic carbocycles. The van der Waals surface area contributed by atoms with Crippen LogP contribution < -0.4 is 0 Å². The maximum atomic E-state index is 11.3. The highest BCUT2D eigenvalue weighted by molar-refractivity contribution is 5.73. The van der Waals surface area contributed by atoms with Crippen molar-refractivity contribution in [1.29, 1.82) is 0 Å². The van der Waals surface area contributed by atoms with Crippen molar-refractivity contribution in [3.05, 3.63) is 78.9 Å². The molecule has 10 nitrogen and oxygen atoms in total. The van der Waals surface area contributed by atoms with Crippen molar-refractivity contribution in [2.75, 3.05) is 6.61 Å². The molecule has 0 saturated carbocycles. The van der Waals surface area contributed by atoms with Gasteiger partial charge in [0.1, 0.15) is 0 Å². The van der Waals surface area contributed by atoms with E-state index in [0.717, 1.165) is 0 Å². The van der Waals surface area contributed by atoms with Crippen LogP contribution in [0.1, 0.15) is 29.2 Å². The fraction of sp³-hybridized carbons (Fsp3) is 0.300. The van der Waals surface area contributed by atoms with E-state index >= 15 is 0 Å². The lowest BCUT2D eigenvalue weighted by molar-refractivity contribution is -0.385. The lowest BCUT2D eigenvalue weighted by Gasteiger charge is -2.05. The highest BCUT2D eigenvalue weighted by atomic mass is 16.6. The van der Waals surface area contributed by atoms with Crippen molar-refractivity contribution in [3.63, 3.8) is 0 Å². The number of aliphatic carboxylic acids is 1. The molecule has 0 aliphatic rings. The van der Waals surface area contributed by atoms with Crippen LogP contribution in [0.2, 0.25) is 0 Å². The van der Waals surface area contributed by atoms with Gasteiger partial charge in [-0.25, -0.2) is 0 Å². The van der Waals surface area contributed by atoms with Gasteiger partial charge in [0.15, 0.2) is 0 Å². The summed E-state index contributed by atoms with van der Waals surface area (Å²) in [6.07, 6.45) is -0.116. The van der Waals surface area contributed by atoms with Crippen molar-refractivity contribution >= 4 is 23.3 Å². The summed E-state index contributed by atoms with van der Waals surface area (Å²) in [5.74, 6) is -1.36. The Bertz CT molecular complexity index is 956. The van der Waals surface area contributed by atoms with Crippen LogP contribution in [0.3, 0.4) is 0 Å². The third-order valence-electron chi connectivity index (χ3n) is 4.21. The highest BCUT2D eigenvalue weighted by Crippen LogP contribution is 2.22. The van der Waals surface area contributed by atoms with Gasteiger partial charge in [-0.3, -0.25) is 29.8 Å². The van der Waals surface area contributed by atoms with Crippen molar-refractivity contribution in [2.24, 2.45) is 0 Å². The molecular weight excluding hydrogens is 396 g/mol. The van der Waals surface area contributed by atoms with Gasteiger partial charge in [-0.2, -0.15) is 0 Å². The number of rotatable bonds is 7. The average Bonchev–Trinajstić information content (AvgIpc) is 2.65. The number of nitrogens with zero attached hydrogens (tertiary/aromatic N) is 2. The zero-order valence-electron chi connectivity index (χ0n) is 16.8. The summed E-state index contributed by atoms with van der Waals surface area (Å²) in [6, 6.07) is 9.11. The molecule has 0 spiro atoms. The number of ether oxygens (including phenoxy) is 1. The fourth-order valence-electron chi connectivity index (χ4n) is 2.65. The number of carboxylic acid groups (broad SMARTS) is 1. The van der Waals surface area contributed by atoms with Gasteiger partial charge < -0.3 is 9.84 Å². The normalized spacial score (nSPS) is 9.83. The monoisotopic (exact) mass is 418 g/mol. The third kappa shape index (κ3) is 6.97. The largest absolute Gasteiger partial charge is 0.481 e. The van der Waals surface area contributed by atoms with E-state index < -0.39 is 15.8 Å². The summed E-state index contributed by atoms with van der Waals surface area (Å²) >= 11 is 0. The minimum atomic E-state index is -0.992. The van der Waals surface area contributed by atoms with Gasteiger partial charge in [0.05, 0.1) is 29.3 Å². The molecule has 0 bridgehead atoms. The molecule has 0 unspecified atom stereocenters. The van der Waals surface area contributed by atoms with Crippen LogP contribution >= 0.6 is 0 Å². The molecule has 10 heteroatoms. The maximum Gasteiger partial charge on any atom is 0.310 e. The minimum Gasteiger partial charge on any atom is -0.481 e. The molecule has 0 saturated heterocycles. The van der Waals surface area contributed by atoms with Crippen LogP contribution in [0.15, 0.2) is 36.4 Å². The van der Waals surface area contributed by atoms with Gasteiger partial charge in [0.2, 0.25) is 0 Å². The first-order valence-corrected chi connectivity index (χ1v) is 8.91. The molecule has 0 fully saturated rings. The number of nitro benzene ring substituents is 2. The molecule has 160 valence electrons. The van der Waals surface area contributed by atoms with Crippen LogP contribution in [0.25, 0.3) is 0 Å². The van der Waals surface area contributed by atoms with E-state index in [9.17, 15) is 29.8 Å². The van der Waals surface area contributed by atoms with Gasteiger partial charge in [-0.15, -0.1) is 0 Å². The van der Waals surface area contributed by atoms with E-state index in [4.69, 9.17) is 9.84 Å². The van der Waals surface area contributed by atoms with E-state index in [2.05, 4.69) is 0 Å². The van der Waals surface area contributed by atoms with Gasteiger partial charge in [-0.05, 0) is 31.9 Å². The molecule has 0 radical (unpaired) electrons. The van der Waals surface area contributed by atoms with Crippen molar-refractivity contribution in [1.82, 2.24) is 0 Å². The fourth-order valence-corrected chi connectivity index (χ4v) is 2.65. The Morgan fingerprint density at radius 3 is 1.70 bits per heavy atom. The van der Waals surface area contributed by atoms with Gasteiger partial charge >= 0.3 is 11.9 Å². The molecule has 0 heterocycles. The molecule has 0 aromatic heterocycles. The quantitative estimate of drug-likeness (QED) is 0.407. The first-order chi connectivity index (χ1) is 14.1. The molecule has 2 aromatic rings. The smallest absolute Gasteiger partial charge is 0.310 e. The van der Waals surface area contributed by atoms with Crippen molar-refractivity contribution in [3.8, 4) is 0 Å². The number of benzene rings is 2. The molecule has 2 rings (SSSR count). The second-order valence-electron chi connectivity index (χ2n) is 6.19. The van der Waals surface area contributed by atoms with Crippen LogP contribution in [0.5, 0.6) is 0 Å². The van der Waals surface area contributed by atoms with Gasteiger partial charge in [-0.1, -0.05) is 24.3 Å². The Morgan fingerprint density at radius 1 is 0.900 bits per heavy atom. The topological polar surface area (TPSA) is 150 Å². The summed E-state index contributed by atoms with van der Waals surface area (Å²) in [7, 11) is 0. The van der Waals surface area contributed by atoms with E-state index in [1.165, 1.54) is 18.2 Å². The second-order valence-corrected chi connectivity index (χ2v) is 6.19. The number of carbonyl (C=O) groups excluding carboxylic acids is 1. The summed E-state index contributed by atoms with van der Waals surface area (Å²) in [6.45, 7) is 5.22. The molecule has 30 heavy (non-hydrogen) atoms.